The molecule has 4 N–H and O–H groups in total. The summed E-state index contributed by atoms with van der Waals surface area (Å²) in [7, 11) is -3.88. The third kappa shape index (κ3) is 6.44. The maximum atomic E-state index is 12.7. The van der Waals surface area contributed by atoms with Gasteiger partial charge in [-0.1, -0.05) is 18.0 Å². The summed E-state index contributed by atoms with van der Waals surface area (Å²) in [6.07, 6.45) is 3.02. The molecule has 2 fully saturated rings. The van der Waals surface area contributed by atoms with E-state index in [0.29, 0.717) is 0 Å². The third-order valence-corrected chi connectivity index (χ3v) is 7.97. The smallest absolute Gasteiger partial charge is 0.256 e. The number of piperidine rings is 1. The highest BCUT2D eigenvalue weighted by Gasteiger charge is 2.35. The summed E-state index contributed by atoms with van der Waals surface area (Å²) in [5.41, 5.74) is 2.96. The molecule has 0 aliphatic carbocycles. The Morgan fingerprint density at radius 2 is 2.03 bits per heavy atom. The molecule has 1 aromatic carbocycles. The number of amides is 2. The van der Waals surface area contributed by atoms with E-state index in [1.807, 2.05) is 0 Å². The van der Waals surface area contributed by atoms with E-state index in [9.17, 15) is 18.0 Å². The van der Waals surface area contributed by atoms with E-state index in [1.54, 1.807) is 0 Å². The van der Waals surface area contributed by atoms with Crippen LogP contribution in [0.5, 0.6) is 0 Å². The number of hydrogen-bond acceptors (Lipinski definition) is 6. The maximum absolute atomic E-state index is 12.7. The first-order valence-corrected chi connectivity index (χ1v) is 12.6. The van der Waals surface area contributed by atoms with Crippen molar-refractivity contribution in [1.29, 1.82) is 0 Å². The van der Waals surface area contributed by atoms with Gasteiger partial charge in [0.15, 0.2) is 0 Å². The highest BCUT2D eigenvalue weighted by molar-refractivity contribution is 7.89. The molecule has 9 nitrogen and oxygen atoms in total. The summed E-state index contributed by atoms with van der Waals surface area (Å²) in [6.45, 7) is 1.03. The number of sulfonamides is 1. The average Bonchev–Trinajstić information content (AvgIpc) is 2.75. The average molecular weight is 513 g/mol. The van der Waals surface area contributed by atoms with Gasteiger partial charge in [0.2, 0.25) is 15.9 Å². The van der Waals surface area contributed by atoms with Crippen LogP contribution < -0.4 is 20.8 Å². The number of rotatable bonds is 7. The Balaban J connectivity index is 1.63. The van der Waals surface area contributed by atoms with Crippen LogP contribution in [0.25, 0.3) is 0 Å². The minimum absolute atomic E-state index is 0.0353. The van der Waals surface area contributed by atoms with Gasteiger partial charge in [-0.05, 0) is 37.6 Å². The lowest BCUT2D eigenvalue weighted by Crippen LogP contribution is -2.58. The molecule has 3 unspecified atom stereocenters. The van der Waals surface area contributed by atoms with E-state index in [4.69, 9.17) is 34.8 Å². The number of hydrazine groups is 1. The molecule has 2 saturated heterocycles. The largest absolute Gasteiger partial charge is 0.324 e. The third-order valence-electron chi connectivity index (χ3n) is 5.03. The lowest BCUT2D eigenvalue weighted by molar-refractivity contribution is -0.139. The van der Waals surface area contributed by atoms with Crippen molar-refractivity contribution in [2.24, 2.45) is 0 Å². The van der Waals surface area contributed by atoms with Gasteiger partial charge in [0.1, 0.15) is 16.8 Å². The summed E-state index contributed by atoms with van der Waals surface area (Å²) in [5.74, 6) is -1.05. The minimum Gasteiger partial charge on any atom is -0.324 e. The molecule has 0 spiro atoms. The number of hydrogen-bond donors (Lipinski definition) is 4. The fourth-order valence-corrected chi connectivity index (χ4v) is 5.32. The lowest BCUT2D eigenvalue weighted by Gasteiger charge is -2.32. The molecule has 172 valence electrons. The standard InChI is InChI=1S/C18H24Cl3N5O4S/c19-13-5-4-11(25-16(27)10-26-18(28)17(21)14(20)9-23-26)7-15(13)31(29,30)24-8-12-3-1-2-6-22-12/h4-5,7,12,14,17,22-24H,1-3,6,8-10H2,(H,25,27). The van der Waals surface area contributed by atoms with Gasteiger partial charge in [0.25, 0.3) is 5.91 Å². The Labute approximate surface area is 196 Å². The van der Waals surface area contributed by atoms with Gasteiger partial charge in [-0.25, -0.2) is 18.6 Å². The minimum atomic E-state index is -3.88. The Bertz CT molecular complexity index is 927. The highest BCUT2D eigenvalue weighted by atomic mass is 35.5. The Morgan fingerprint density at radius 1 is 1.26 bits per heavy atom. The summed E-state index contributed by atoms with van der Waals surface area (Å²) in [4.78, 5) is 24.3. The quantitative estimate of drug-likeness (QED) is 0.408. The summed E-state index contributed by atoms with van der Waals surface area (Å²) < 4.78 is 28.0. The Morgan fingerprint density at radius 3 is 2.74 bits per heavy atom. The molecule has 13 heteroatoms. The molecule has 0 bridgehead atoms. The molecule has 1 aromatic rings. The highest BCUT2D eigenvalue weighted by Crippen LogP contribution is 2.25. The number of anilines is 1. The molecule has 2 aliphatic rings. The van der Waals surface area contributed by atoms with Crippen LogP contribution in [0, 0.1) is 0 Å². The predicted octanol–water partition coefficient (Wildman–Crippen LogP) is 1.26. The number of nitrogens with one attached hydrogen (secondary N) is 4. The zero-order valence-electron chi connectivity index (χ0n) is 16.5. The van der Waals surface area contributed by atoms with E-state index in [0.717, 1.165) is 30.8 Å². The van der Waals surface area contributed by atoms with Gasteiger partial charge in [-0.3, -0.25) is 14.6 Å². The fourth-order valence-electron chi connectivity index (χ4n) is 3.33. The van der Waals surface area contributed by atoms with Crippen molar-refractivity contribution in [1.82, 2.24) is 20.5 Å². The van der Waals surface area contributed by atoms with Crippen molar-refractivity contribution in [3.05, 3.63) is 23.2 Å². The SMILES string of the molecule is O=C(CN1NCC(Cl)C(Cl)C1=O)Nc1ccc(Cl)c(S(=O)(=O)NCC2CCCCN2)c1. The molecule has 0 saturated carbocycles. The van der Waals surface area contributed by atoms with Gasteiger partial charge in [0, 0.05) is 24.8 Å². The monoisotopic (exact) mass is 511 g/mol. The maximum Gasteiger partial charge on any atom is 0.256 e. The van der Waals surface area contributed by atoms with Crippen LogP contribution in [0.2, 0.25) is 5.02 Å². The van der Waals surface area contributed by atoms with E-state index < -0.39 is 32.6 Å². The van der Waals surface area contributed by atoms with Gasteiger partial charge in [-0.2, -0.15) is 0 Å². The van der Waals surface area contributed by atoms with Gasteiger partial charge in [0.05, 0.1) is 10.4 Å². The second-order valence-electron chi connectivity index (χ2n) is 7.40. The van der Waals surface area contributed by atoms with E-state index >= 15 is 0 Å². The molecule has 2 aliphatic heterocycles. The summed E-state index contributed by atoms with van der Waals surface area (Å²) in [6, 6.07) is 4.22. The molecule has 0 radical (unpaired) electrons. The molecule has 3 atom stereocenters. The summed E-state index contributed by atoms with van der Waals surface area (Å²) in [5, 5.41) is 5.44. The lowest BCUT2D eigenvalue weighted by atomic mass is 10.1. The number of alkyl halides is 2. The molecule has 31 heavy (non-hydrogen) atoms. The van der Waals surface area contributed by atoms with Crippen LogP contribution in [0.4, 0.5) is 5.69 Å². The first kappa shape index (κ1) is 24.5. The Kier molecular flexibility index (Phi) is 8.42. The molecule has 2 heterocycles. The van der Waals surface area contributed by atoms with Crippen LogP contribution >= 0.6 is 34.8 Å². The van der Waals surface area contributed by atoms with Gasteiger partial charge < -0.3 is 10.6 Å². The zero-order chi connectivity index (χ0) is 22.6. The molecular formula is C18H24Cl3N5O4S. The zero-order valence-corrected chi connectivity index (χ0v) is 19.6. The van der Waals surface area contributed by atoms with Crippen molar-refractivity contribution in [3.63, 3.8) is 0 Å². The van der Waals surface area contributed by atoms with Crippen LogP contribution in [0.15, 0.2) is 23.1 Å². The number of benzene rings is 1. The summed E-state index contributed by atoms with van der Waals surface area (Å²) >= 11 is 18.0. The second-order valence-corrected chi connectivity index (χ2v) is 10.6. The molecular weight excluding hydrogens is 489 g/mol. The normalized spacial score (nSPS) is 24.8. The van der Waals surface area contributed by atoms with Gasteiger partial charge >= 0.3 is 0 Å². The van der Waals surface area contributed by atoms with Crippen LogP contribution in [0.1, 0.15) is 19.3 Å². The van der Waals surface area contributed by atoms with E-state index in [-0.39, 0.29) is 41.3 Å². The van der Waals surface area contributed by atoms with Crippen molar-refractivity contribution >= 4 is 62.3 Å². The first-order chi connectivity index (χ1) is 14.7. The van der Waals surface area contributed by atoms with Crippen LogP contribution in [0.3, 0.4) is 0 Å². The van der Waals surface area contributed by atoms with Crippen molar-refractivity contribution < 1.29 is 18.0 Å². The number of carbonyl (C=O) groups is 2. The Hall–Kier alpha value is -1.14. The number of halogens is 3. The number of carbonyl (C=O) groups excluding carboxylic acids is 2. The van der Waals surface area contributed by atoms with Crippen LogP contribution in [-0.2, 0) is 19.6 Å². The number of nitrogens with zero attached hydrogens (tertiary/aromatic N) is 1. The molecule has 3 rings (SSSR count). The van der Waals surface area contributed by atoms with Crippen molar-refractivity contribution in [2.45, 2.75) is 41.0 Å². The molecule has 2 amide bonds. The van der Waals surface area contributed by atoms with Crippen molar-refractivity contribution in [2.75, 3.05) is 31.5 Å². The topological polar surface area (TPSA) is 120 Å². The van der Waals surface area contributed by atoms with Crippen molar-refractivity contribution in [3.8, 4) is 0 Å². The predicted molar refractivity (Wildman–Crippen MR) is 120 cm³/mol. The molecule has 0 aromatic heterocycles. The second kappa shape index (κ2) is 10.7. The fraction of sp³-hybridized carbons (Fsp3) is 0.556. The van der Waals surface area contributed by atoms with E-state index in [2.05, 4.69) is 20.8 Å². The van der Waals surface area contributed by atoms with Crippen LogP contribution in [-0.4, -0.2) is 68.2 Å². The first-order valence-electron chi connectivity index (χ1n) is 9.83. The van der Waals surface area contributed by atoms with Gasteiger partial charge in [-0.15, -0.1) is 23.2 Å². The van der Waals surface area contributed by atoms with E-state index in [1.165, 1.54) is 18.2 Å².